The molecule has 2 aromatic rings. The van der Waals surface area contributed by atoms with Crippen molar-refractivity contribution in [1.29, 1.82) is 0 Å². The Morgan fingerprint density at radius 2 is 1.61 bits per heavy atom. The summed E-state index contributed by atoms with van der Waals surface area (Å²) >= 11 is 0. The van der Waals surface area contributed by atoms with Gasteiger partial charge in [-0.2, -0.15) is 0 Å². The summed E-state index contributed by atoms with van der Waals surface area (Å²) in [4.78, 5) is 11.4. The van der Waals surface area contributed by atoms with E-state index in [1.54, 1.807) is 0 Å². The standard InChI is InChI=1S/C27H39NO3/c1-26(2,3)21-10-13-23(14-11-21)31-24-12-8-19-17-22(9-7-20(19)18-24)27(4,5)28-16-15-25(29)30-6/h7-9,12,17-18,21,23,28H,10-11,13-16H2,1-6H3. The van der Waals surface area contributed by atoms with E-state index in [0.717, 1.165) is 24.5 Å². The van der Waals surface area contributed by atoms with Crippen molar-refractivity contribution in [1.82, 2.24) is 5.32 Å². The molecule has 0 heterocycles. The van der Waals surface area contributed by atoms with E-state index in [-0.39, 0.29) is 11.5 Å². The second-order valence-electron chi connectivity index (χ2n) is 10.6. The van der Waals surface area contributed by atoms with Gasteiger partial charge in [0.25, 0.3) is 0 Å². The number of carbonyl (C=O) groups is 1. The predicted molar refractivity (Wildman–Crippen MR) is 127 cm³/mol. The highest BCUT2D eigenvalue weighted by Crippen LogP contribution is 2.39. The SMILES string of the molecule is COC(=O)CCNC(C)(C)c1ccc2cc(OC3CCC(C(C)(C)C)CC3)ccc2c1. The average Bonchev–Trinajstić information content (AvgIpc) is 2.72. The highest BCUT2D eigenvalue weighted by Gasteiger charge is 2.30. The van der Waals surface area contributed by atoms with Crippen LogP contribution in [0.25, 0.3) is 10.8 Å². The molecule has 0 atom stereocenters. The molecule has 0 saturated heterocycles. The molecular formula is C27H39NO3. The third-order valence-electron chi connectivity index (χ3n) is 6.86. The normalized spacial score (nSPS) is 19.9. The molecule has 3 rings (SSSR count). The highest BCUT2D eigenvalue weighted by molar-refractivity contribution is 5.84. The molecule has 1 fully saturated rings. The van der Waals surface area contributed by atoms with Crippen LogP contribution in [0.3, 0.4) is 0 Å². The van der Waals surface area contributed by atoms with Crippen molar-refractivity contribution >= 4 is 16.7 Å². The van der Waals surface area contributed by atoms with Crippen LogP contribution < -0.4 is 10.1 Å². The van der Waals surface area contributed by atoms with Gasteiger partial charge in [0.2, 0.25) is 0 Å². The smallest absolute Gasteiger partial charge is 0.306 e. The van der Waals surface area contributed by atoms with E-state index in [1.165, 1.54) is 36.3 Å². The van der Waals surface area contributed by atoms with E-state index in [1.807, 2.05) is 0 Å². The Bertz CT molecular complexity index is 889. The van der Waals surface area contributed by atoms with Crippen molar-refractivity contribution in [3.05, 3.63) is 42.0 Å². The number of esters is 1. The summed E-state index contributed by atoms with van der Waals surface area (Å²) in [6.45, 7) is 11.9. The zero-order valence-electron chi connectivity index (χ0n) is 20.1. The van der Waals surface area contributed by atoms with Gasteiger partial charge < -0.3 is 14.8 Å². The van der Waals surface area contributed by atoms with Gasteiger partial charge in [-0.1, -0.05) is 39.0 Å². The van der Waals surface area contributed by atoms with Crippen LogP contribution in [0.2, 0.25) is 0 Å². The summed E-state index contributed by atoms with van der Waals surface area (Å²) in [6.07, 6.45) is 5.49. The lowest BCUT2D eigenvalue weighted by atomic mass is 9.72. The van der Waals surface area contributed by atoms with Gasteiger partial charge in [0.15, 0.2) is 0 Å². The fourth-order valence-electron chi connectivity index (χ4n) is 4.61. The lowest BCUT2D eigenvalue weighted by Gasteiger charge is -2.37. The first kappa shape index (κ1) is 23.6. The second-order valence-corrected chi connectivity index (χ2v) is 10.6. The van der Waals surface area contributed by atoms with Crippen molar-refractivity contribution in [3.8, 4) is 5.75 Å². The molecule has 0 amide bonds. The van der Waals surface area contributed by atoms with Gasteiger partial charge >= 0.3 is 5.97 Å². The van der Waals surface area contributed by atoms with Crippen LogP contribution in [-0.4, -0.2) is 25.7 Å². The quantitative estimate of drug-likeness (QED) is 0.536. The zero-order valence-corrected chi connectivity index (χ0v) is 20.1. The number of benzene rings is 2. The number of methoxy groups -OCH3 is 1. The third kappa shape index (κ3) is 6.22. The maximum absolute atomic E-state index is 11.4. The Labute approximate surface area is 187 Å². The molecule has 170 valence electrons. The molecule has 1 aliphatic rings. The number of ether oxygens (including phenoxy) is 2. The molecule has 0 bridgehead atoms. The Morgan fingerprint density at radius 3 is 2.26 bits per heavy atom. The van der Waals surface area contributed by atoms with Crippen molar-refractivity contribution in [2.75, 3.05) is 13.7 Å². The number of rotatable bonds is 7. The number of fused-ring (bicyclic) bond motifs is 1. The van der Waals surface area contributed by atoms with E-state index in [9.17, 15) is 4.79 Å². The molecule has 2 aromatic carbocycles. The number of hydrogen-bond acceptors (Lipinski definition) is 4. The molecule has 0 radical (unpaired) electrons. The van der Waals surface area contributed by atoms with Crippen LogP contribution in [0.5, 0.6) is 5.75 Å². The first-order chi connectivity index (χ1) is 14.6. The second kappa shape index (κ2) is 9.60. The molecular weight excluding hydrogens is 386 g/mol. The predicted octanol–water partition coefficient (Wildman–Crippen LogP) is 6.21. The molecule has 31 heavy (non-hydrogen) atoms. The highest BCUT2D eigenvalue weighted by atomic mass is 16.5. The molecule has 1 aliphatic carbocycles. The van der Waals surface area contributed by atoms with Crippen LogP contribution >= 0.6 is 0 Å². The van der Waals surface area contributed by atoms with E-state index in [2.05, 4.69) is 76.3 Å². The lowest BCUT2D eigenvalue weighted by Crippen LogP contribution is -2.37. The van der Waals surface area contributed by atoms with Gasteiger partial charge in [-0.15, -0.1) is 0 Å². The maximum Gasteiger partial charge on any atom is 0.306 e. The van der Waals surface area contributed by atoms with Crippen molar-refractivity contribution in [2.24, 2.45) is 11.3 Å². The fraction of sp³-hybridized carbons (Fsp3) is 0.593. The van der Waals surface area contributed by atoms with E-state index >= 15 is 0 Å². The minimum atomic E-state index is -0.233. The van der Waals surface area contributed by atoms with E-state index in [0.29, 0.717) is 24.5 Å². The molecule has 0 spiro atoms. The van der Waals surface area contributed by atoms with Crippen molar-refractivity contribution in [2.45, 2.75) is 78.4 Å². The van der Waals surface area contributed by atoms with Crippen LogP contribution in [0.4, 0.5) is 0 Å². The molecule has 4 heteroatoms. The minimum absolute atomic E-state index is 0.193. The summed E-state index contributed by atoms with van der Waals surface area (Å²) in [5.41, 5.74) is 1.36. The molecule has 0 aromatic heterocycles. The van der Waals surface area contributed by atoms with E-state index in [4.69, 9.17) is 9.47 Å². The summed E-state index contributed by atoms with van der Waals surface area (Å²) in [6, 6.07) is 13.0. The molecule has 0 aliphatic heterocycles. The number of carbonyl (C=O) groups excluding carboxylic acids is 1. The van der Waals surface area contributed by atoms with Crippen molar-refractivity contribution in [3.63, 3.8) is 0 Å². The molecule has 0 unspecified atom stereocenters. The summed E-state index contributed by atoms with van der Waals surface area (Å²) in [5, 5.41) is 5.85. The van der Waals surface area contributed by atoms with Crippen LogP contribution in [0.1, 0.15) is 72.3 Å². The third-order valence-corrected chi connectivity index (χ3v) is 6.86. The summed E-state index contributed by atoms with van der Waals surface area (Å²) in [7, 11) is 1.42. The molecule has 4 nitrogen and oxygen atoms in total. The van der Waals surface area contributed by atoms with Gasteiger partial charge in [0, 0.05) is 12.1 Å². The van der Waals surface area contributed by atoms with Crippen molar-refractivity contribution < 1.29 is 14.3 Å². The monoisotopic (exact) mass is 425 g/mol. The summed E-state index contributed by atoms with van der Waals surface area (Å²) < 4.78 is 11.1. The van der Waals surface area contributed by atoms with Gasteiger partial charge in [-0.25, -0.2) is 0 Å². The van der Waals surface area contributed by atoms with E-state index < -0.39 is 0 Å². The number of nitrogens with one attached hydrogen (secondary N) is 1. The topological polar surface area (TPSA) is 47.6 Å². The Kier molecular flexibility index (Phi) is 7.31. The first-order valence-corrected chi connectivity index (χ1v) is 11.6. The van der Waals surface area contributed by atoms with Gasteiger partial charge in [0.1, 0.15) is 5.75 Å². The lowest BCUT2D eigenvalue weighted by molar-refractivity contribution is -0.140. The van der Waals surface area contributed by atoms with Crippen LogP contribution in [0.15, 0.2) is 36.4 Å². The number of hydrogen-bond donors (Lipinski definition) is 1. The Morgan fingerprint density at radius 1 is 0.968 bits per heavy atom. The maximum atomic E-state index is 11.4. The first-order valence-electron chi connectivity index (χ1n) is 11.6. The van der Waals surface area contributed by atoms with Crippen LogP contribution in [-0.2, 0) is 15.1 Å². The van der Waals surface area contributed by atoms with Gasteiger partial charge in [0.05, 0.1) is 19.6 Å². The average molecular weight is 426 g/mol. The molecule has 1 saturated carbocycles. The Hall–Kier alpha value is -2.07. The zero-order chi connectivity index (χ0) is 22.6. The fourth-order valence-corrected chi connectivity index (χ4v) is 4.61. The largest absolute Gasteiger partial charge is 0.490 e. The van der Waals surface area contributed by atoms with Crippen LogP contribution in [0, 0.1) is 11.3 Å². The molecule has 1 N–H and O–H groups in total. The minimum Gasteiger partial charge on any atom is -0.490 e. The van der Waals surface area contributed by atoms with Gasteiger partial charge in [-0.05, 0) is 85.4 Å². The van der Waals surface area contributed by atoms with Gasteiger partial charge in [-0.3, -0.25) is 4.79 Å². The Balaban J connectivity index is 1.63. The summed E-state index contributed by atoms with van der Waals surface area (Å²) in [5.74, 6) is 1.57.